The van der Waals surface area contributed by atoms with Crippen LogP contribution in [-0.2, 0) is 9.84 Å². The maximum Gasteiger partial charge on any atom is 0.149 e. The van der Waals surface area contributed by atoms with Crippen LogP contribution in [0.4, 0.5) is 5.82 Å². The number of nitrogens with one attached hydrogen (secondary N) is 1. The smallest absolute Gasteiger partial charge is 0.149 e. The van der Waals surface area contributed by atoms with Crippen LogP contribution in [-0.4, -0.2) is 32.0 Å². The summed E-state index contributed by atoms with van der Waals surface area (Å²) in [6.07, 6.45) is 2.87. The summed E-state index contributed by atoms with van der Waals surface area (Å²) in [6, 6.07) is 5.44. The highest BCUT2D eigenvalue weighted by molar-refractivity contribution is 7.90. The summed E-state index contributed by atoms with van der Waals surface area (Å²) in [4.78, 5) is 3.99. The fourth-order valence-corrected chi connectivity index (χ4v) is 1.30. The zero-order chi connectivity index (χ0) is 9.73. The molecule has 0 aliphatic rings. The van der Waals surface area contributed by atoms with Crippen LogP contribution in [0.15, 0.2) is 24.4 Å². The molecule has 0 bridgehead atoms. The first-order chi connectivity index (χ1) is 6.08. The van der Waals surface area contributed by atoms with Crippen LogP contribution in [0.2, 0.25) is 0 Å². The second-order valence-electron chi connectivity index (χ2n) is 2.77. The highest BCUT2D eigenvalue weighted by Crippen LogP contribution is 1.98. The molecule has 0 amide bonds. The molecule has 0 aromatic carbocycles. The van der Waals surface area contributed by atoms with Crippen molar-refractivity contribution >= 4 is 15.7 Å². The van der Waals surface area contributed by atoms with Crippen LogP contribution in [0.25, 0.3) is 0 Å². The van der Waals surface area contributed by atoms with Gasteiger partial charge in [0.15, 0.2) is 0 Å². The third kappa shape index (κ3) is 4.47. The van der Waals surface area contributed by atoms with E-state index in [1.807, 2.05) is 12.1 Å². The van der Waals surface area contributed by atoms with Crippen molar-refractivity contribution in [3.8, 4) is 0 Å². The molecule has 0 aliphatic heterocycles. The Hall–Kier alpha value is -1.10. The Bertz CT molecular complexity index is 348. The Morgan fingerprint density at radius 2 is 2.23 bits per heavy atom. The topological polar surface area (TPSA) is 59.1 Å². The first kappa shape index (κ1) is 9.98. The van der Waals surface area contributed by atoms with E-state index in [-0.39, 0.29) is 5.75 Å². The minimum Gasteiger partial charge on any atom is -0.369 e. The summed E-state index contributed by atoms with van der Waals surface area (Å²) in [7, 11) is -2.88. The van der Waals surface area contributed by atoms with E-state index < -0.39 is 9.84 Å². The second-order valence-corrected chi connectivity index (χ2v) is 5.03. The normalized spacial score (nSPS) is 11.2. The van der Waals surface area contributed by atoms with Crippen molar-refractivity contribution in [3.63, 3.8) is 0 Å². The Kier molecular flexibility index (Phi) is 3.25. The Labute approximate surface area is 77.9 Å². The van der Waals surface area contributed by atoms with E-state index in [2.05, 4.69) is 10.3 Å². The van der Waals surface area contributed by atoms with Crippen LogP contribution >= 0.6 is 0 Å². The molecule has 0 saturated carbocycles. The summed E-state index contributed by atoms with van der Waals surface area (Å²) in [6.45, 7) is 0.399. The average molecular weight is 200 g/mol. The molecule has 1 aromatic heterocycles. The van der Waals surface area contributed by atoms with Crippen LogP contribution in [0.3, 0.4) is 0 Å². The van der Waals surface area contributed by atoms with Gasteiger partial charge in [0.25, 0.3) is 0 Å². The summed E-state index contributed by atoms with van der Waals surface area (Å²) < 4.78 is 21.5. The van der Waals surface area contributed by atoms with E-state index >= 15 is 0 Å². The molecule has 72 valence electrons. The van der Waals surface area contributed by atoms with Crippen molar-refractivity contribution < 1.29 is 8.42 Å². The molecule has 0 spiro atoms. The minimum atomic E-state index is -2.88. The number of aromatic nitrogens is 1. The predicted molar refractivity (Wildman–Crippen MR) is 52.4 cm³/mol. The Morgan fingerprint density at radius 3 is 2.77 bits per heavy atom. The molecule has 1 N–H and O–H groups in total. The molecule has 13 heavy (non-hydrogen) atoms. The van der Waals surface area contributed by atoms with E-state index in [1.165, 1.54) is 6.26 Å². The molecule has 0 atom stereocenters. The third-order valence-corrected chi connectivity index (χ3v) is 2.39. The molecule has 0 saturated heterocycles. The molecule has 1 rings (SSSR count). The van der Waals surface area contributed by atoms with Gasteiger partial charge in [0, 0.05) is 19.0 Å². The number of anilines is 1. The maximum atomic E-state index is 10.8. The first-order valence-electron chi connectivity index (χ1n) is 3.90. The molecular formula is C8H12N2O2S. The summed E-state index contributed by atoms with van der Waals surface area (Å²) in [5, 5.41) is 2.91. The number of hydrogen-bond acceptors (Lipinski definition) is 4. The second kappa shape index (κ2) is 4.23. The lowest BCUT2D eigenvalue weighted by Gasteiger charge is -2.02. The van der Waals surface area contributed by atoms with Gasteiger partial charge in [-0.3, -0.25) is 0 Å². The zero-order valence-electron chi connectivity index (χ0n) is 7.40. The van der Waals surface area contributed by atoms with Crippen LogP contribution in [0.1, 0.15) is 0 Å². The summed E-state index contributed by atoms with van der Waals surface area (Å²) in [5.74, 6) is 0.829. The van der Waals surface area contributed by atoms with Gasteiger partial charge >= 0.3 is 0 Å². The SMILES string of the molecule is CS(=O)(=O)CCNc1ccccn1. The van der Waals surface area contributed by atoms with Crippen molar-refractivity contribution in [2.75, 3.05) is 23.9 Å². The number of hydrogen-bond donors (Lipinski definition) is 1. The molecule has 0 unspecified atom stereocenters. The Balaban J connectivity index is 2.37. The number of rotatable bonds is 4. The monoisotopic (exact) mass is 200 g/mol. The quantitative estimate of drug-likeness (QED) is 0.770. The maximum absolute atomic E-state index is 10.8. The van der Waals surface area contributed by atoms with Gasteiger partial charge < -0.3 is 5.32 Å². The van der Waals surface area contributed by atoms with Crippen LogP contribution in [0, 0.1) is 0 Å². The summed E-state index contributed by atoms with van der Waals surface area (Å²) in [5.41, 5.74) is 0. The molecule has 5 heteroatoms. The van der Waals surface area contributed by atoms with Gasteiger partial charge in [-0.15, -0.1) is 0 Å². The third-order valence-electron chi connectivity index (χ3n) is 1.44. The van der Waals surface area contributed by atoms with Gasteiger partial charge in [0.05, 0.1) is 5.75 Å². The highest BCUT2D eigenvalue weighted by atomic mass is 32.2. The van der Waals surface area contributed by atoms with E-state index in [4.69, 9.17) is 0 Å². The van der Waals surface area contributed by atoms with Crippen molar-refractivity contribution in [2.24, 2.45) is 0 Å². The fourth-order valence-electron chi connectivity index (χ4n) is 0.832. The molecular weight excluding hydrogens is 188 g/mol. The molecule has 4 nitrogen and oxygen atoms in total. The van der Waals surface area contributed by atoms with Gasteiger partial charge in [-0.1, -0.05) is 6.07 Å². The van der Waals surface area contributed by atoms with Crippen LogP contribution < -0.4 is 5.32 Å². The zero-order valence-corrected chi connectivity index (χ0v) is 8.21. The van der Waals surface area contributed by atoms with Crippen molar-refractivity contribution in [1.29, 1.82) is 0 Å². The highest BCUT2D eigenvalue weighted by Gasteiger charge is 2.00. The van der Waals surface area contributed by atoms with Crippen molar-refractivity contribution in [2.45, 2.75) is 0 Å². The molecule has 0 aliphatic carbocycles. The molecule has 0 fully saturated rings. The molecule has 0 radical (unpaired) electrons. The van der Waals surface area contributed by atoms with Crippen LogP contribution in [0.5, 0.6) is 0 Å². The van der Waals surface area contributed by atoms with Gasteiger partial charge in [-0.05, 0) is 12.1 Å². The van der Waals surface area contributed by atoms with Gasteiger partial charge in [-0.2, -0.15) is 0 Å². The number of pyridine rings is 1. The molecule has 1 heterocycles. The minimum absolute atomic E-state index is 0.129. The van der Waals surface area contributed by atoms with Gasteiger partial charge in [0.2, 0.25) is 0 Å². The predicted octanol–water partition coefficient (Wildman–Crippen LogP) is 0.538. The lowest BCUT2D eigenvalue weighted by molar-refractivity contribution is 0.602. The van der Waals surface area contributed by atoms with Gasteiger partial charge in [0.1, 0.15) is 15.7 Å². The van der Waals surface area contributed by atoms with Crippen molar-refractivity contribution in [3.05, 3.63) is 24.4 Å². The van der Waals surface area contributed by atoms with Gasteiger partial charge in [-0.25, -0.2) is 13.4 Å². The van der Waals surface area contributed by atoms with E-state index in [0.717, 1.165) is 0 Å². The first-order valence-corrected chi connectivity index (χ1v) is 5.96. The number of sulfone groups is 1. The van der Waals surface area contributed by atoms with E-state index in [1.54, 1.807) is 12.3 Å². The van der Waals surface area contributed by atoms with Crippen molar-refractivity contribution in [1.82, 2.24) is 4.98 Å². The largest absolute Gasteiger partial charge is 0.369 e. The molecule has 1 aromatic rings. The van der Waals surface area contributed by atoms with E-state index in [9.17, 15) is 8.42 Å². The number of nitrogens with zero attached hydrogens (tertiary/aromatic N) is 1. The Morgan fingerprint density at radius 1 is 1.46 bits per heavy atom. The summed E-state index contributed by atoms with van der Waals surface area (Å²) >= 11 is 0. The fraction of sp³-hybridized carbons (Fsp3) is 0.375. The standard InChI is InChI=1S/C8H12N2O2S/c1-13(11,12)7-6-10-8-4-2-3-5-9-8/h2-5H,6-7H2,1H3,(H,9,10). The lowest BCUT2D eigenvalue weighted by Crippen LogP contribution is -2.14. The average Bonchev–Trinajstić information content (AvgIpc) is 2.04. The lowest BCUT2D eigenvalue weighted by atomic mass is 10.4. The van der Waals surface area contributed by atoms with E-state index in [0.29, 0.717) is 12.4 Å².